The van der Waals surface area contributed by atoms with Gasteiger partial charge in [-0.3, -0.25) is 4.98 Å². The topological polar surface area (TPSA) is 12.9 Å². The van der Waals surface area contributed by atoms with Gasteiger partial charge in [-0.25, -0.2) is 0 Å². The molecule has 0 saturated heterocycles. The molecule has 150 valence electrons. The Labute approximate surface area is 180 Å². The summed E-state index contributed by atoms with van der Waals surface area (Å²) in [5.41, 5.74) is 10.1. The van der Waals surface area contributed by atoms with Gasteiger partial charge < -0.3 is 0 Å². The number of pyridine rings is 1. The van der Waals surface area contributed by atoms with E-state index in [4.69, 9.17) is 4.98 Å². The van der Waals surface area contributed by atoms with Gasteiger partial charge in [0, 0.05) is 11.8 Å². The van der Waals surface area contributed by atoms with E-state index in [2.05, 4.69) is 106 Å². The van der Waals surface area contributed by atoms with Crippen LogP contribution < -0.4 is 0 Å². The van der Waals surface area contributed by atoms with Gasteiger partial charge >= 0.3 is 0 Å². The molecule has 0 unspecified atom stereocenters. The summed E-state index contributed by atoms with van der Waals surface area (Å²) < 4.78 is 0. The lowest BCUT2D eigenvalue weighted by molar-refractivity contribution is 0.644. The van der Waals surface area contributed by atoms with Crippen molar-refractivity contribution in [2.45, 2.75) is 33.6 Å². The largest absolute Gasteiger partial charge is 0.256 e. The van der Waals surface area contributed by atoms with Crippen molar-refractivity contribution in [3.05, 3.63) is 113 Å². The second kappa shape index (κ2) is 9.09. The third-order valence-electron chi connectivity index (χ3n) is 5.57. The molecule has 4 aromatic rings. The third kappa shape index (κ3) is 4.68. The number of rotatable bonds is 6. The second-order valence-electron chi connectivity index (χ2n) is 8.49. The molecule has 0 aliphatic rings. The van der Waals surface area contributed by atoms with Gasteiger partial charge in [-0.2, -0.15) is 0 Å². The van der Waals surface area contributed by atoms with Crippen molar-refractivity contribution in [1.29, 1.82) is 0 Å². The monoisotopic (exact) mass is 391 g/mol. The third-order valence-corrected chi connectivity index (χ3v) is 5.57. The highest BCUT2D eigenvalue weighted by Gasteiger charge is 2.11. The smallest absolute Gasteiger partial charge is 0.0705 e. The van der Waals surface area contributed by atoms with Gasteiger partial charge in [-0.05, 0) is 71.2 Å². The van der Waals surface area contributed by atoms with Crippen molar-refractivity contribution in [3.63, 3.8) is 0 Å². The molecular weight excluding hydrogens is 362 g/mol. The van der Waals surface area contributed by atoms with E-state index in [1.807, 2.05) is 6.20 Å². The van der Waals surface area contributed by atoms with Crippen LogP contribution in [0.5, 0.6) is 0 Å². The Balaban J connectivity index is 1.78. The fourth-order valence-electron chi connectivity index (χ4n) is 4.00. The zero-order valence-electron chi connectivity index (χ0n) is 18.1. The Morgan fingerprint density at radius 2 is 1.43 bits per heavy atom. The van der Waals surface area contributed by atoms with Gasteiger partial charge in [0.1, 0.15) is 0 Å². The van der Waals surface area contributed by atoms with Crippen molar-refractivity contribution in [1.82, 2.24) is 4.98 Å². The molecule has 0 fully saturated rings. The molecule has 0 aliphatic carbocycles. The maximum atomic E-state index is 4.77. The second-order valence-corrected chi connectivity index (χ2v) is 8.49. The predicted octanol–water partition coefficient (Wildman–Crippen LogP) is 7.51. The molecule has 0 radical (unpaired) electrons. The summed E-state index contributed by atoms with van der Waals surface area (Å²) in [6.07, 6.45) is 4.01. The summed E-state index contributed by atoms with van der Waals surface area (Å²) in [6.45, 7) is 6.70. The van der Waals surface area contributed by atoms with Crippen LogP contribution in [0, 0.1) is 12.8 Å². The van der Waals surface area contributed by atoms with E-state index in [1.165, 1.54) is 38.9 Å². The lowest BCUT2D eigenvalue weighted by atomic mass is 9.91. The molecule has 0 bridgehead atoms. The molecule has 4 rings (SSSR count). The highest BCUT2D eigenvalue weighted by Crippen LogP contribution is 2.31. The van der Waals surface area contributed by atoms with Crippen LogP contribution in [0.15, 0.2) is 91.1 Å². The van der Waals surface area contributed by atoms with E-state index in [0.717, 1.165) is 18.5 Å². The van der Waals surface area contributed by atoms with Gasteiger partial charge in [-0.1, -0.05) is 86.6 Å². The lowest BCUT2D eigenvalue weighted by Gasteiger charge is -2.14. The zero-order chi connectivity index (χ0) is 20.9. The number of aryl methyl sites for hydroxylation is 1. The van der Waals surface area contributed by atoms with Gasteiger partial charge in [0.15, 0.2) is 0 Å². The Morgan fingerprint density at radius 3 is 2.13 bits per heavy atom. The molecular formula is C29H29N. The van der Waals surface area contributed by atoms with E-state index < -0.39 is 0 Å². The molecule has 30 heavy (non-hydrogen) atoms. The van der Waals surface area contributed by atoms with Crippen LogP contribution in [0.3, 0.4) is 0 Å². The Hall–Kier alpha value is -3.19. The van der Waals surface area contributed by atoms with Crippen LogP contribution in [0.1, 0.15) is 36.1 Å². The number of benzene rings is 3. The average molecular weight is 392 g/mol. The summed E-state index contributed by atoms with van der Waals surface area (Å²) >= 11 is 0. The van der Waals surface area contributed by atoms with Crippen LogP contribution in [-0.2, 0) is 12.8 Å². The van der Waals surface area contributed by atoms with Crippen LogP contribution in [0.25, 0.3) is 22.4 Å². The SMILES string of the molecule is Cc1cnc(-c2ccc(-c3ccccc3)c(Cc3ccccc3)c2)cc1CC(C)C. The fourth-order valence-corrected chi connectivity index (χ4v) is 4.00. The van der Waals surface area contributed by atoms with Crippen LogP contribution in [0.4, 0.5) is 0 Å². The standard InChI is InChI=1S/C29H29N/c1-21(2)16-26-19-29(30-20-22(26)3)25-14-15-28(24-12-8-5-9-13-24)27(18-25)17-23-10-6-4-7-11-23/h4-15,18-21H,16-17H2,1-3H3. The first-order valence-corrected chi connectivity index (χ1v) is 10.8. The minimum Gasteiger partial charge on any atom is -0.256 e. The van der Waals surface area contributed by atoms with Gasteiger partial charge in [0.25, 0.3) is 0 Å². The molecule has 0 N–H and O–H groups in total. The Kier molecular flexibility index (Phi) is 6.09. The van der Waals surface area contributed by atoms with Crippen molar-refractivity contribution < 1.29 is 0 Å². The first-order valence-electron chi connectivity index (χ1n) is 10.8. The molecule has 3 aromatic carbocycles. The van der Waals surface area contributed by atoms with Crippen molar-refractivity contribution in [3.8, 4) is 22.4 Å². The predicted molar refractivity (Wildman–Crippen MR) is 128 cm³/mol. The minimum atomic E-state index is 0.632. The minimum absolute atomic E-state index is 0.632. The van der Waals surface area contributed by atoms with E-state index in [0.29, 0.717) is 5.92 Å². The molecule has 1 heteroatoms. The highest BCUT2D eigenvalue weighted by molar-refractivity contribution is 5.73. The molecule has 1 nitrogen and oxygen atoms in total. The molecule has 0 amide bonds. The van der Waals surface area contributed by atoms with Crippen molar-refractivity contribution >= 4 is 0 Å². The van der Waals surface area contributed by atoms with E-state index in [1.54, 1.807) is 0 Å². The van der Waals surface area contributed by atoms with Crippen LogP contribution in [0.2, 0.25) is 0 Å². The molecule has 0 spiro atoms. The number of aromatic nitrogens is 1. The highest BCUT2D eigenvalue weighted by atomic mass is 14.7. The normalized spacial score (nSPS) is 11.1. The van der Waals surface area contributed by atoms with Crippen molar-refractivity contribution in [2.24, 2.45) is 5.92 Å². The molecule has 1 heterocycles. The lowest BCUT2D eigenvalue weighted by Crippen LogP contribution is -1.99. The van der Waals surface area contributed by atoms with E-state index in [9.17, 15) is 0 Å². The van der Waals surface area contributed by atoms with E-state index >= 15 is 0 Å². The Bertz CT molecular complexity index is 1110. The quantitative estimate of drug-likeness (QED) is 0.331. The first kappa shape index (κ1) is 20.1. The fraction of sp³-hybridized carbons (Fsp3) is 0.207. The maximum Gasteiger partial charge on any atom is 0.0705 e. The first-order chi connectivity index (χ1) is 14.6. The van der Waals surface area contributed by atoms with Gasteiger partial charge in [0.2, 0.25) is 0 Å². The van der Waals surface area contributed by atoms with Crippen molar-refractivity contribution in [2.75, 3.05) is 0 Å². The average Bonchev–Trinajstić information content (AvgIpc) is 2.76. The molecule has 0 aliphatic heterocycles. The molecule has 0 atom stereocenters. The van der Waals surface area contributed by atoms with E-state index in [-0.39, 0.29) is 0 Å². The summed E-state index contributed by atoms with van der Waals surface area (Å²) in [5.74, 6) is 0.632. The number of hydrogen-bond donors (Lipinski definition) is 0. The maximum absolute atomic E-state index is 4.77. The summed E-state index contributed by atoms with van der Waals surface area (Å²) in [4.78, 5) is 4.77. The van der Waals surface area contributed by atoms with Crippen LogP contribution >= 0.6 is 0 Å². The summed E-state index contributed by atoms with van der Waals surface area (Å²) in [5, 5.41) is 0. The zero-order valence-corrected chi connectivity index (χ0v) is 18.1. The molecule has 0 saturated carbocycles. The summed E-state index contributed by atoms with van der Waals surface area (Å²) in [6, 6.07) is 30.4. The van der Waals surface area contributed by atoms with Crippen LogP contribution in [-0.4, -0.2) is 4.98 Å². The Morgan fingerprint density at radius 1 is 0.733 bits per heavy atom. The molecule has 1 aromatic heterocycles. The number of hydrogen-bond acceptors (Lipinski definition) is 1. The summed E-state index contributed by atoms with van der Waals surface area (Å²) in [7, 11) is 0. The van der Waals surface area contributed by atoms with Gasteiger partial charge in [-0.15, -0.1) is 0 Å². The van der Waals surface area contributed by atoms with Gasteiger partial charge in [0.05, 0.1) is 5.69 Å². The number of nitrogens with zero attached hydrogens (tertiary/aromatic N) is 1.